The van der Waals surface area contributed by atoms with Crippen LogP contribution >= 0.6 is 0 Å². The van der Waals surface area contributed by atoms with Crippen molar-refractivity contribution in [3.63, 3.8) is 0 Å². The third-order valence-corrected chi connectivity index (χ3v) is 5.01. The Morgan fingerprint density at radius 1 is 1.32 bits per heavy atom. The molecule has 1 heterocycles. The van der Waals surface area contributed by atoms with Crippen LogP contribution in [0.15, 0.2) is 29.4 Å². The van der Waals surface area contributed by atoms with E-state index in [2.05, 4.69) is 9.71 Å². The molecule has 0 aromatic carbocycles. The van der Waals surface area contributed by atoms with Crippen LogP contribution in [-0.4, -0.2) is 31.7 Å². The number of sulfonamides is 1. The second kappa shape index (κ2) is 6.98. The van der Waals surface area contributed by atoms with E-state index in [0.29, 0.717) is 13.0 Å². The number of aromatic nitrogens is 1. The standard InChI is InChI=1S/C13H22N2O3S/c1-3-13(4-2,8-10-16)11-15-19(17,18)12-7-5-6-9-14-12/h5-7,9,15-16H,3-4,8,10-11H2,1-2H3. The maximum atomic E-state index is 12.1. The Morgan fingerprint density at radius 3 is 2.47 bits per heavy atom. The monoisotopic (exact) mass is 286 g/mol. The molecule has 0 aliphatic heterocycles. The SMILES string of the molecule is CCC(CC)(CCO)CNS(=O)(=O)c1ccccn1. The fourth-order valence-electron chi connectivity index (χ4n) is 2.01. The van der Waals surface area contributed by atoms with Crippen LogP contribution in [0.3, 0.4) is 0 Å². The predicted octanol–water partition coefficient (Wildman–Crippen LogP) is 1.55. The van der Waals surface area contributed by atoms with E-state index in [1.165, 1.54) is 12.3 Å². The minimum absolute atomic E-state index is 0.0279. The van der Waals surface area contributed by atoms with E-state index in [9.17, 15) is 8.42 Å². The summed E-state index contributed by atoms with van der Waals surface area (Å²) < 4.78 is 26.8. The predicted molar refractivity (Wildman–Crippen MR) is 74.1 cm³/mol. The second-order valence-corrected chi connectivity index (χ2v) is 6.39. The third kappa shape index (κ3) is 4.26. The van der Waals surface area contributed by atoms with Crippen LogP contribution in [0.1, 0.15) is 33.1 Å². The number of aliphatic hydroxyl groups is 1. The molecule has 0 atom stereocenters. The molecule has 0 aliphatic carbocycles. The van der Waals surface area contributed by atoms with E-state index in [4.69, 9.17) is 5.11 Å². The Balaban J connectivity index is 2.79. The molecule has 6 heteroatoms. The van der Waals surface area contributed by atoms with Gasteiger partial charge in [0.05, 0.1) is 0 Å². The van der Waals surface area contributed by atoms with E-state index >= 15 is 0 Å². The van der Waals surface area contributed by atoms with Crippen molar-refractivity contribution in [3.05, 3.63) is 24.4 Å². The Hall–Kier alpha value is -0.980. The maximum Gasteiger partial charge on any atom is 0.258 e. The van der Waals surface area contributed by atoms with E-state index in [1.54, 1.807) is 12.1 Å². The molecule has 0 radical (unpaired) electrons. The van der Waals surface area contributed by atoms with E-state index in [-0.39, 0.29) is 17.0 Å². The van der Waals surface area contributed by atoms with Crippen LogP contribution in [0.2, 0.25) is 0 Å². The lowest BCUT2D eigenvalue weighted by Crippen LogP contribution is -2.37. The summed E-state index contributed by atoms with van der Waals surface area (Å²) in [6.45, 7) is 4.40. The smallest absolute Gasteiger partial charge is 0.258 e. The summed E-state index contributed by atoms with van der Waals surface area (Å²) in [6, 6.07) is 4.78. The van der Waals surface area contributed by atoms with Crippen LogP contribution < -0.4 is 4.72 Å². The third-order valence-electron chi connectivity index (χ3n) is 3.69. The van der Waals surface area contributed by atoms with Crippen LogP contribution in [0.4, 0.5) is 0 Å². The van der Waals surface area contributed by atoms with Crippen LogP contribution in [-0.2, 0) is 10.0 Å². The van der Waals surface area contributed by atoms with Gasteiger partial charge in [-0.05, 0) is 36.8 Å². The fourth-order valence-corrected chi connectivity index (χ4v) is 3.11. The lowest BCUT2D eigenvalue weighted by molar-refractivity contribution is 0.170. The normalized spacial score (nSPS) is 12.6. The van der Waals surface area contributed by atoms with Crippen molar-refractivity contribution < 1.29 is 13.5 Å². The molecule has 1 aromatic heterocycles. The lowest BCUT2D eigenvalue weighted by Gasteiger charge is -2.31. The molecule has 0 saturated heterocycles. The number of aliphatic hydroxyl groups excluding tert-OH is 1. The molecule has 0 saturated carbocycles. The minimum Gasteiger partial charge on any atom is -0.396 e. The van der Waals surface area contributed by atoms with Crippen LogP contribution in [0.25, 0.3) is 0 Å². The number of hydrogen-bond acceptors (Lipinski definition) is 4. The highest BCUT2D eigenvalue weighted by molar-refractivity contribution is 7.89. The summed E-state index contributed by atoms with van der Waals surface area (Å²) in [6.07, 6.45) is 3.67. The Morgan fingerprint density at radius 2 is 2.00 bits per heavy atom. The van der Waals surface area contributed by atoms with Gasteiger partial charge in [-0.2, -0.15) is 0 Å². The van der Waals surface area contributed by atoms with Crippen molar-refractivity contribution in [1.29, 1.82) is 0 Å². The molecule has 0 unspecified atom stereocenters. The van der Waals surface area contributed by atoms with Gasteiger partial charge in [-0.3, -0.25) is 0 Å². The summed E-state index contributed by atoms with van der Waals surface area (Å²) >= 11 is 0. The van der Waals surface area contributed by atoms with E-state index < -0.39 is 10.0 Å². The quantitative estimate of drug-likeness (QED) is 0.760. The van der Waals surface area contributed by atoms with Gasteiger partial charge in [0, 0.05) is 19.3 Å². The molecule has 0 spiro atoms. The zero-order valence-corrected chi connectivity index (χ0v) is 12.3. The number of hydrogen-bond donors (Lipinski definition) is 2. The maximum absolute atomic E-state index is 12.1. The van der Waals surface area contributed by atoms with Crippen LogP contribution in [0, 0.1) is 5.41 Å². The van der Waals surface area contributed by atoms with Gasteiger partial charge in [-0.15, -0.1) is 0 Å². The summed E-state index contributed by atoms with van der Waals surface area (Å²) in [4.78, 5) is 3.85. The van der Waals surface area contributed by atoms with Gasteiger partial charge in [0.25, 0.3) is 10.0 Å². The number of nitrogens with zero attached hydrogens (tertiary/aromatic N) is 1. The van der Waals surface area contributed by atoms with Gasteiger partial charge in [0.2, 0.25) is 0 Å². The molecule has 2 N–H and O–H groups in total. The van der Waals surface area contributed by atoms with Gasteiger partial charge in [0.15, 0.2) is 5.03 Å². The summed E-state index contributed by atoms with van der Waals surface area (Å²) in [5, 5.41) is 9.15. The summed E-state index contributed by atoms with van der Waals surface area (Å²) in [5.74, 6) is 0. The first-order chi connectivity index (χ1) is 8.99. The number of nitrogens with one attached hydrogen (secondary N) is 1. The zero-order chi connectivity index (χ0) is 14.4. The fraction of sp³-hybridized carbons (Fsp3) is 0.615. The van der Waals surface area contributed by atoms with Gasteiger partial charge < -0.3 is 5.11 Å². The summed E-state index contributed by atoms with van der Waals surface area (Å²) in [7, 11) is -3.57. The topological polar surface area (TPSA) is 79.3 Å². The largest absolute Gasteiger partial charge is 0.396 e. The molecular weight excluding hydrogens is 264 g/mol. The molecule has 0 fully saturated rings. The first kappa shape index (κ1) is 16.1. The first-order valence-electron chi connectivity index (χ1n) is 6.51. The van der Waals surface area contributed by atoms with E-state index in [1.807, 2.05) is 13.8 Å². The molecular formula is C13H22N2O3S. The Labute approximate surface area is 115 Å². The van der Waals surface area contributed by atoms with Crippen molar-refractivity contribution in [1.82, 2.24) is 9.71 Å². The number of pyridine rings is 1. The van der Waals surface area contributed by atoms with Gasteiger partial charge in [0.1, 0.15) is 0 Å². The van der Waals surface area contributed by atoms with Gasteiger partial charge >= 0.3 is 0 Å². The highest BCUT2D eigenvalue weighted by Gasteiger charge is 2.28. The molecule has 1 rings (SSSR count). The Bertz CT molecular complexity index is 470. The molecule has 108 valence electrons. The second-order valence-electron chi connectivity index (χ2n) is 4.67. The van der Waals surface area contributed by atoms with Crippen molar-refractivity contribution in [3.8, 4) is 0 Å². The minimum atomic E-state index is -3.57. The van der Waals surface area contributed by atoms with E-state index in [0.717, 1.165) is 12.8 Å². The van der Waals surface area contributed by atoms with Crippen molar-refractivity contribution in [2.75, 3.05) is 13.2 Å². The van der Waals surface area contributed by atoms with Gasteiger partial charge in [-0.1, -0.05) is 19.9 Å². The lowest BCUT2D eigenvalue weighted by atomic mass is 9.80. The first-order valence-corrected chi connectivity index (χ1v) is 7.99. The van der Waals surface area contributed by atoms with Crippen molar-refractivity contribution >= 4 is 10.0 Å². The molecule has 0 amide bonds. The molecule has 19 heavy (non-hydrogen) atoms. The highest BCUT2D eigenvalue weighted by atomic mass is 32.2. The molecule has 0 aliphatic rings. The molecule has 1 aromatic rings. The average Bonchev–Trinajstić information content (AvgIpc) is 2.45. The van der Waals surface area contributed by atoms with Crippen LogP contribution in [0.5, 0.6) is 0 Å². The number of rotatable bonds is 8. The Kier molecular flexibility index (Phi) is 5.90. The van der Waals surface area contributed by atoms with Gasteiger partial charge in [-0.25, -0.2) is 18.1 Å². The molecule has 0 bridgehead atoms. The summed E-state index contributed by atoms with van der Waals surface area (Å²) in [5.41, 5.74) is -0.198. The highest BCUT2D eigenvalue weighted by Crippen LogP contribution is 2.29. The molecule has 5 nitrogen and oxygen atoms in total. The average molecular weight is 286 g/mol. The van der Waals surface area contributed by atoms with Crippen molar-refractivity contribution in [2.45, 2.75) is 38.1 Å². The zero-order valence-electron chi connectivity index (χ0n) is 11.5. The van der Waals surface area contributed by atoms with Crippen molar-refractivity contribution in [2.24, 2.45) is 5.41 Å².